The van der Waals surface area contributed by atoms with Crippen molar-refractivity contribution in [1.29, 1.82) is 0 Å². The van der Waals surface area contributed by atoms with Gasteiger partial charge in [0.15, 0.2) is 6.10 Å². The van der Waals surface area contributed by atoms with Gasteiger partial charge in [0.1, 0.15) is 0 Å². The van der Waals surface area contributed by atoms with Crippen molar-refractivity contribution in [2.75, 3.05) is 18.4 Å². The highest BCUT2D eigenvalue weighted by Gasteiger charge is 2.34. The van der Waals surface area contributed by atoms with Crippen LogP contribution in [0.4, 0.5) is 5.69 Å². The predicted octanol–water partition coefficient (Wildman–Crippen LogP) is 3.49. The zero-order valence-corrected chi connectivity index (χ0v) is 17.0. The fraction of sp³-hybridized carbons (Fsp3) is 0.550. The van der Waals surface area contributed by atoms with Crippen LogP contribution in [0.25, 0.3) is 0 Å². The van der Waals surface area contributed by atoms with Gasteiger partial charge >= 0.3 is 5.97 Å². The first-order valence-corrected chi connectivity index (χ1v) is 9.52. The molecule has 0 spiro atoms. The number of esters is 1. The lowest BCUT2D eigenvalue weighted by atomic mass is 9.91. The molecule has 2 rings (SSSR count). The van der Waals surface area contributed by atoms with Crippen molar-refractivity contribution < 1.29 is 19.1 Å². The first kappa shape index (κ1) is 21.2. The molecule has 1 aliphatic heterocycles. The Morgan fingerprint density at radius 3 is 2.33 bits per heavy atom. The van der Waals surface area contributed by atoms with Crippen LogP contribution in [0.1, 0.15) is 40.5 Å². The van der Waals surface area contributed by atoms with E-state index in [0.717, 1.165) is 0 Å². The van der Waals surface area contributed by atoms with E-state index in [-0.39, 0.29) is 11.8 Å². The lowest BCUT2D eigenvalue weighted by Gasteiger charge is -2.35. The molecule has 6 nitrogen and oxygen atoms in total. The Morgan fingerprint density at radius 2 is 1.78 bits per heavy atom. The van der Waals surface area contributed by atoms with Gasteiger partial charge in [0.25, 0.3) is 5.91 Å². The maximum absolute atomic E-state index is 12.4. The summed E-state index contributed by atoms with van der Waals surface area (Å²) in [6.45, 7) is 8.23. The molecule has 1 fully saturated rings. The number of rotatable bonds is 4. The predicted molar refractivity (Wildman–Crippen MR) is 104 cm³/mol. The number of benzene rings is 1. The Balaban J connectivity index is 1.84. The van der Waals surface area contributed by atoms with E-state index in [2.05, 4.69) is 5.32 Å². The molecule has 2 amide bonds. The first-order chi connectivity index (χ1) is 12.6. The molecule has 1 atom stereocenters. The number of anilines is 1. The van der Waals surface area contributed by atoms with Crippen LogP contribution >= 0.6 is 11.6 Å². The maximum Gasteiger partial charge on any atom is 0.309 e. The number of hydrogen-bond acceptors (Lipinski definition) is 4. The van der Waals surface area contributed by atoms with Crippen LogP contribution in [0.15, 0.2) is 24.3 Å². The van der Waals surface area contributed by atoms with E-state index >= 15 is 0 Å². The van der Waals surface area contributed by atoms with Crippen molar-refractivity contribution in [3.8, 4) is 0 Å². The molecule has 0 aromatic heterocycles. The van der Waals surface area contributed by atoms with Gasteiger partial charge in [-0.25, -0.2) is 0 Å². The third-order valence-corrected chi connectivity index (χ3v) is 4.88. The summed E-state index contributed by atoms with van der Waals surface area (Å²) >= 11 is 6.02. The number of hydrogen-bond donors (Lipinski definition) is 1. The first-order valence-electron chi connectivity index (χ1n) is 9.15. The summed E-state index contributed by atoms with van der Waals surface area (Å²) < 4.78 is 5.33. The molecular weight excluding hydrogens is 368 g/mol. The molecule has 1 aliphatic rings. The van der Waals surface area contributed by atoms with Crippen LogP contribution in [-0.2, 0) is 19.1 Å². The molecule has 0 radical (unpaired) electrons. The third-order valence-electron chi connectivity index (χ3n) is 4.55. The van der Waals surface area contributed by atoms with E-state index in [1.165, 1.54) is 6.92 Å². The largest absolute Gasteiger partial charge is 0.452 e. The summed E-state index contributed by atoms with van der Waals surface area (Å²) in [4.78, 5) is 38.7. The van der Waals surface area contributed by atoms with Gasteiger partial charge in [-0.05, 0) is 31.9 Å². The lowest BCUT2D eigenvalue weighted by Crippen LogP contribution is -2.45. The van der Waals surface area contributed by atoms with Gasteiger partial charge < -0.3 is 15.0 Å². The second-order valence-corrected chi connectivity index (χ2v) is 8.27. The standard InChI is InChI=1S/C20H27ClN2O4/c1-13(17(24)22-16-8-6-5-7-15(16)21)27-18(25)14-9-11-23(12-10-14)19(26)20(2,3)4/h5-8,13-14H,9-12H2,1-4H3,(H,22,24)/t13-/m1/s1. The number of carbonyl (C=O) groups is 3. The smallest absolute Gasteiger partial charge is 0.309 e. The average molecular weight is 395 g/mol. The van der Waals surface area contributed by atoms with E-state index in [0.29, 0.717) is 36.6 Å². The number of nitrogens with one attached hydrogen (secondary N) is 1. The zero-order chi connectivity index (χ0) is 20.2. The van der Waals surface area contributed by atoms with Crippen LogP contribution in [0, 0.1) is 11.3 Å². The van der Waals surface area contributed by atoms with Gasteiger partial charge in [0.05, 0.1) is 16.6 Å². The number of amides is 2. The minimum atomic E-state index is -0.928. The number of halogens is 1. The highest BCUT2D eigenvalue weighted by molar-refractivity contribution is 6.33. The molecule has 148 valence electrons. The number of ether oxygens (including phenoxy) is 1. The molecule has 0 aliphatic carbocycles. The van der Waals surface area contributed by atoms with Gasteiger partial charge in [-0.3, -0.25) is 14.4 Å². The van der Waals surface area contributed by atoms with E-state index in [4.69, 9.17) is 16.3 Å². The minimum absolute atomic E-state index is 0.0850. The quantitative estimate of drug-likeness (QED) is 0.793. The summed E-state index contributed by atoms with van der Waals surface area (Å²) in [6.07, 6.45) is 0.155. The molecular formula is C20H27ClN2O4. The topological polar surface area (TPSA) is 75.7 Å². The van der Waals surface area contributed by atoms with E-state index in [1.807, 2.05) is 20.8 Å². The Morgan fingerprint density at radius 1 is 1.19 bits per heavy atom. The third kappa shape index (κ3) is 5.70. The van der Waals surface area contributed by atoms with Crippen LogP contribution in [0.5, 0.6) is 0 Å². The fourth-order valence-electron chi connectivity index (χ4n) is 2.91. The maximum atomic E-state index is 12.4. The molecule has 7 heteroatoms. The Kier molecular flexibility index (Phi) is 6.87. The van der Waals surface area contributed by atoms with Crippen molar-refractivity contribution >= 4 is 35.1 Å². The summed E-state index contributed by atoms with van der Waals surface area (Å²) in [5.74, 6) is -1.05. The van der Waals surface area contributed by atoms with E-state index in [9.17, 15) is 14.4 Å². The van der Waals surface area contributed by atoms with Crippen LogP contribution in [-0.4, -0.2) is 41.9 Å². The fourth-order valence-corrected chi connectivity index (χ4v) is 3.10. The summed E-state index contributed by atoms with van der Waals surface area (Å²) in [7, 11) is 0. The molecule has 1 N–H and O–H groups in total. The highest BCUT2D eigenvalue weighted by Crippen LogP contribution is 2.25. The van der Waals surface area contributed by atoms with Crippen molar-refractivity contribution in [2.45, 2.75) is 46.6 Å². The summed E-state index contributed by atoms with van der Waals surface area (Å²) in [5.41, 5.74) is 0.0413. The molecule has 0 unspecified atom stereocenters. The number of nitrogens with zero attached hydrogens (tertiary/aromatic N) is 1. The zero-order valence-electron chi connectivity index (χ0n) is 16.3. The van der Waals surface area contributed by atoms with Crippen molar-refractivity contribution in [3.05, 3.63) is 29.3 Å². The second-order valence-electron chi connectivity index (χ2n) is 7.86. The summed E-state index contributed by atoms with van der Waals surface area (Å²) in [5, 5.41) is 3.07. The normalized spacial score (nSPS) is 16.6. The van der Waals surface area contributed by atoms with Gasteiger partial charge in [0, 0.05) is 18.5 Å². The molecule has 0 saturated carbocycles. The molecule has 27 heavy (non-hydrogen) atoms. The Hall–Kier alpha value is -2.08. The molecule has 1 aromatic rings. The average Bonchev–Trinajstić information content (AvgIpc) is 2.62. The SMILES string of the molecule is C[C@@H](OC(=O)C1CCN(C(=O)C(C)(C)C)CC1)C(=O)Nc1ccccc1Cl. The monoisotopic (exact) mass is 394 g/mol. The number of piperidine rings is 1. The van der Waals surface area contributed by atoms with E-state index in [1.54, 1.807) is 29.2 Å². The summed E-state index contributed by atoms with van der Waals surface area (Å²) in [6, 6.07) is 6.86. The van der Waals surface area contributed by atoms with Gasteiger partial charge in [-0.15, -0.1) is 0 Å². The Labute approximate surface area is 165 Å². The van der Waals surface area contributed by atoms with E-state index < -0.39 is 23.4 Å². The molecule has 1 aromatic carbocycles. The second kappa shape index (κ2) is 8.74. The van der Waals surface area contributed by atoms with Crippen molar-refractivity contribution in [2.24, 2.45) is 11.3 Å². The number of para-hydroxylation sites is 1. The van der Waals surface area contributed by atoms with Gasteiger partial charge in [-0.2, -0.15) is 0 Å². The number of likely N-dealkylation sites (tertiary alicyclic amines) is 1. The Bertz CT molecular complexity index is 706. The molecule has 1 heterocycles. The minimum Gasteiger partial charge on any atom is -0.452 e. The van der Waals surface area contributed by atoms with Crippen LogP contribution in [0.3, 0.4) is 0 Å². The van der Waals surface area contributed by atoms with Gasteiger partial charge in [0.2, 0.25) is 5.91 Å². The highest BCUT2D eigenvalue weighted by atomic mass is 35.5. The number of carbonyl (C=O) groups excluding carboxylic acids is 3. The molecule has 1 saturated heterocycles. The lowest BCUT2D eigenvalue weighted by molar-refractivity contribution is -0.160. The van der Waals surface area contributed by atoms with Crippen LogP contribution < -0.4 is 5.32 Å². The molecule has 0 bridgehead atoms. The van der Waals surface area contributed by atoms with Crippen molar-refractivity contribution in [1.82, 2.24) is 4.90 Å². The van der Waals surface area contributed by atoms with Gasteiger partial charge in [-0.1, -0.05) is 44.5 Å². The van der Waals surface area contributed by atoms with Crippen LogP contribution in [0.2, 0.25) is 5.02 Å². The van der Waals surface area contributed by atoms with Crippen molar-refractivity contribution in [3.63, 3.8) is 0 Å².